The van der Waals surface area contributed by atoms with Gasteiger partial charge in [-0.3, -0.25) is 0 Å². The van der Waals surface area contributed by atoms with Crippen molar-refractivity contribution in [3.8, 4) is 0 Å². The molecule has 0 radical (unpaired) electrons. The minimum atomic E-state index is -10.8. The van der Waals surface area contributed by atoms with Crippen LogP contribution in [0.3, 0.4) is 0 Å². The van der Waals surface area contributed by atoms with Crippen molar-refractivity contribution in [2.45, 2.75) is 0 Å². The van der Waals surface area contributed by atoms with Crippen LogP contribution in [0.25, 0.3) is 0 Å². The summed E-state index contributed by atoms with van der Waals surface area (Å²) in [5, 5.41) is 0. The molecule has 4 N–H and O–H groups in total. The maximum atomic E-state index is 9.88. The standard InChI is InChI=1S/F6Si.2Li.2H2O/c1-7(2,3,4,5)6;;;;/h;;;2*1H2/q-2;2*+1;;. The van der Waals surface area contributed by atoms with Gasteiger partial charge in [0.15, 0.2) is 0 Å². The molecule has 0 aromatic rings. The van der Waals surface area contributed by atoms with Crippen molar-refractivity contribution < 1.29 is 73.3 Å². The Balaban J connectivity index is -0.0000000300. The summed E-state index contributed by atoms with van der Waals surface area (Å²) in [6.45, 7) is 0. The molecule has 0 aromatic carbocycles. The Morgan fingerprint density at radius 3 is 0.545 bits per heavy atom. The third-order valence-electron chi connectivity index (χ3n) is 0. The molecule has 0 atom stereocenters. The van der Waals surface area contributed by atoms with Crippen LogP contribution in [0.1, 0.15) is 0 Å². The van der Waals surface area contributed by atoms with E-state index in [0.717, 1.165) is 0 Å². The first-order valence-electron chi connectivity index (χ1n) is 1.13. The maximum absolute atomic E-state index is 10.8. The van der Waals surface area contributed by atoms with Gasteiger partial charge < -0.3 is 11.0 Å². The van der Waals surface area contributed by atoms with Crippen LogP contribution in [-0.4, -0.2) is 19.6 Å². The molecule has 0 aromatic heterocycles. The van der Waals surface area contributed by atoms with Gasteiger partial charge in [0, 0.05) is 0 Å². The summed E-state index contributed by atoms with van der Waals surface area (Å²) in [6.07, 6.45) is 0. The third kappa shape index (κ3) is 1040. The van der Waals surface area contributed by atoms with E-state index in [1.54, 1.807) is 0 Å². The summed E-state index contributed by atoms with van der Waals surface area (Å²) >= 11 is 0. The molecule has 0 aliphatic rings. The molecule has 2 nitrogen and oxygen atoms in total. The topological polar surface area (TPSA) is 63.0 Å². The zero-order chi connectivity index (χ0) is 6.41. The van der Waals surface area contributed by atoms with Crippen molar-refractivity contribution in [2.75, 3.05) is 0 Å². The fraction of sp³-hybridized carbons (Fsp3) is 0. The summed E-state index contributed by atoms with van der Waals surface area (Å²) in [7, 11) is -10.8. The first kappa shape index (κ1) is 29.7. The van der Waals surface area contributed by atoms with Gasteiger partial charge in [-0.2, -0.15) is 0 Å². The van der Waals surface area contributed by atoms with Gasteiger partial charge in [-0.1, -0.05) is 0 Å². The average molecular weight is 192 g/mol. The number of rotatable bonds is 0. The van der Waals surface area contributed by atoms with Crippen molar-refractivity contribution in [1.29, 1.82) is 0 Å². The monoisotopic (exact) mass is 192 g/mol. The number of hydrogen-bond donors (Lipinski definition) is 0. The van der Waals surface area contributed by atoms with E-state index >= 15 is 0 Å². The van der Waals surface area contributed by atoms with Gasteiger partial charge >= 0.3 is 71.0 Å². The van der Waals surface area contributed by atoms with Crippen LogP contribution < -0.4 is 37.7 Å². The molecule has 11 heteroatoms. The molecule has 0 heterocycles. The molecular weight excluding hydrogens is 188 g/mol. The van der Waals surface area contributed by atoms with E-state index in [4.69, 9.17) is 0 Å². The van der Waals surface area contributed by atoms with E-state index in [1.165, 1.54) is 0 Å². The molecular formula is H4F6Li2O2Si. The summed E-state index contributed by atoms with van der Waals surface area (Å²) in [6, 6.07) is 0. The van der Waals surface area contributed by atoms with Gasteiger partial charge in [0.2, 0.25) is 0 Å². The zero-order valence-electron chi connectivity index (χ0n) is 5.77. The largest absolute Gasteiger partial charge is 1.00 e. The molecule has 0 unspecified atom stereocenters. The average Bonchev–Trinajstić information content (AvgIpc) is 0.592. The summed E-state index contributed by atoms with van der Waals surface area (Å²) in [5.74, 6) is 0. The van der Waals surface area contributed by atoms with Gasteiger partial charge in [-0.05, 0) is 0 Å². The minimum Gasteiger partial charge on any atom is -0.412 e. The Morgan fingerprint density at radius 1 is 0.545 bits per heavy atom. The van der Waals surface area contributed by atoms with Crippen molar-refractivity contribution in [3.05, 3.63) is 0 Å². The van der Waals surface area contributed by atoms with Crippen molar-refractivity contribution >= 4 is 8.63 Å². The number of halogens is 6. The second-order valence-corrected chi connectivity index (χ2v) is 3.21. The fourth-order valence-electron chi connectivity index (χ4n) is 0. The second-order valence-electron chi connectivity index (χ2n) is 1.07. The summed E-state index contributed by atoms with van der Waals surface area (Å²) < 4.78 is 59.3. The molecule has 0 fully saturated rings. The van der Waals surface area contributed by atoms with Crippen LogP contribution in [0.5, 0.6) is 0 Å². The van der Waals surface area contributed by atoms with Gasteiger partial charge in [0.25, 0.3) is 0 Å². The first-order chi connectivity index (χ1) is 2.45. The van der Waals surface area contributed by atoms with Crippen LogP contribution in [0.4, 0.5) is 24.6 Å². The second kappa shape index (κ2) is 4.23. The fourth-order valence-corrected chi connectivity index (χ4v) is 0. The van der Waals surface area contributed by atoms with E-state index in [0.29, 0.717) is 0 Å². The third-order valence-corrected chi connectivity index (χ3v) is 0. The number of hydrogen-bond acceptors (Lipinski definition) is 0. The molecule has 0 aliphatic heterocycles. The van der Waals surface area contributed by atoms with Crippen LogP contribution in [0.2, 0.25) is 0 Å². The van der Waals surface area contributed by atoms with Gasteiger partial charge in [0.05, 0.1) is 0 Å². The molecule has 0 rings (SSSR count). The van der Waals surface area contributed by atoms with Crippen LogP contribution >= 0.6 is 0 Å². The minimum absolute atomic E-state index is 0. The van der Waals surface area contributed by atoms with Crippen molar-refractivity contribution in [3.63, 3.8) is 0 Å². The molecule has 0 saturated carbocycles. The van der Waals surface area contributed by atoms with Crippen LogP contribution in [0.15, 0.2) is 0 Å². The van der Waals surface area contributed by atoms with E-state index in [9.17, 15) is 24.6 Å². The molecule has 0 amide bonds. The van der Waals surface area contributed by atoms with Crippen molar-refractivity contribution in [1.82, 2.24) is 0 Å². The Hall–Kier alpha value is 0.912. The summed E-state index contributed by atoms with van der Waals surface area (Å²) in [5.41, 5.74) is 0. The smallest absolute Gasteiger partial charge is 0.412 e. The predicted molar refractivity (Wildman–Crippen MR) is 19.6 cm³/mol. The SMILES string of the molecule is F[Si-2](F)(F)(F)(F)F.O.O.[Li+].[Li+]. The normalized spacial score (nSPS) is 14.7. The zero-order valence-corrected chi connectivity index (χ0v) is 6.77. The maximum Gasteiger partial charge on any atom is 1.00 e. The molecule has 0 saturated heterocycles. The van der Waals surface area contributed by atoms with Gasteiger partial charge in [0.1, 0.15) is 0 Å². The first-order valence-corrected chi connectivity index (χ1v) is 3.40. The Kier molecular flexibility index (Phi) is 11.4. The van der Waals surface area contributed by atoms with E-state index in [1.807, 2.05) is 0 Å². The Morgan fingerprint density at radius 2 is 0.545 bits per heavy atom. The quantitative estimate of drug-likeness (QED) is 0.209. The molecule has 11 heavy (non-hydrogen) atoms. The summed E-state index contributed by atoms with van der Waals surface area (Å²) in [4.78, 5) is 0. The van der Waals surface area contributed by atoms with Crippen molar-refractivity contribution in [2.24, 2.45) is 0 Å². The Labute approximate surface area is 82.2 Å². The van der Waals surface area contributed by atoms with Crippen LogP contribution in [0, 0.1) is 0 Å². The molecule has 64 valence electrons. The van der Waals surface area contributed by atoms with E-state index in [2.05, 4.69) is 0 Å². The van der Waals surface area contributed by atoms with E-state index in [-0.39, 0.29) is 48.7 Å². The molecule has 0 spiro atoms. The molecule has 0 aliphatic carbocycles. The van der Waals surface area contributed by atoms with Gasteiger partial charge in [-0.15, -0.1) is 0 Å². The predicted octanol–water partition coefficient (Wildman–Crippen LogP) is -5.50. The van der Waals surface area contributed by atoms with E-state index < -0.39 is 8.63 Å². The van der Waals surface area contributed by atoms with Crippen LogP contribution in [-0.2, 0) is 0 Å². The molecule has 0 bridgehead atoms. The van der Waals surface area contributed by atoms with Gasteiger partial charge in [-0.25, -0.2) is 0 Å². The Bertz CT molecular complexity index is 77.1.